The maximum Gasteiger partial charge on any atom is 0.352 e. The quantitative estimate of drug-likeness (QED) is 0.272. The molecule has 0 aliphatic heterocycles. The van der Waals surface area contributed by atoms with Gasteiger partial charge in [-0.15, -0.1) is 0 Å². The lowest BCUT2D eigenvalue weighted by atomic mass is 10.1. The van der Waals surface area contributed by atoms with Gasteiger partial charge in [-0.25, -0.2) is 4.79 Å². The van der Waals surface area contributed by atoms with Gasteiger partial charge in [0.05, 0.1) is 10.4 Å². The molecule has 4 rings (SSSR count). The van der Waals surface area contributed by atoms with E-state index >= 15 is 0 Å². The van der Waals surface area contributed by atoms with Crippen LogP contribution in [0.15, 0.2) is 69.9 Å². The first kappa shape index (κ1) is 23.2. The molecule has 1 atom stereocenters. The Morgan fingerprint density at radius 2 is 1.64 bits per heavy atom. The molecule has 0 fully saturated rings. The molecule has 0 radical (unpaired) electrons. The first-order valence-corrected chi connectivity index (χ1v) is 11.0. The van der Waals surface area contributed by atoms with Gasteiger partial charge in [0.15, 0.2) is 11.9 Å². The fraction of sp³-hybridized carbons (Fsp3) is 0.120. The van der Waals surface area contributed by atoms with E-state index in [-0.39, 0.29) is 22.3 Å². The van der Waals surface area contributed by atoms with Gasteiger partial charge >= 0.3 is 5.97 Å². The molecule has 0 spiro atoms. The van der Waals surface area contributed by atoms with Gasteiger partial charge < -0.3 is 13.9 Å². The number of carbonyl (C=O) groups is 1. The summed E-state index contributed by atoms with van der Waals surface area (Å²) in [6.07, 6.45) is -1.07. The lowest BCUT2D eigenvalue weighted by molar-refractivity contribution is -0.141. The van der Waals surface area contributed by atoms with Crippen LogP contribution in [-0.4, -0.2) is 12.1 Å². The number of esters is 1. The lowest BCUT2D eigenvalue weighted by Gasteiger charge is -2.16. The summed E-state index contributed by atoms with van der Waals surface area (Å²) >= 11 is 18.0. The van der Waals surface area contributed by atoms with Crippen molar-refractivity contribution < 1.29 is 18.7 Å². The average Bonchev–Trinajstić information content (AvgIpc) is 2.78. The van der Waals surface area contributed by atoms with Crippen molar-refractivity contribution in [3.8, 4) is 22.8 Å². The number of benzene rings is 3. The van der Waals surface area contributed by atoms with Crippen LogP contribution < -0.4 is 14.9 Å². The van der Waals surface area contributed by atoms with Crippen LogP contribution in [0.25, 0.3) is 22.3 Å². The van der Waals surface area contributed by atoms with E-state index in [9.17, 15) is 9.59 Å². The highest BCUT2D eigenvalue weighted by molar-refractivity contribution is 6.35. The summed E-state index contributed by atoms with van der Waals surface area (Å²) in [7, 11) is 0. The zero-order valence-electron chi connectivity index (χ0n) is 17.5. The minimum absolute atomic E-state index is 0.109. The number of ether oxygens (including phenoxy) is 2. The van der Waals surface area contributed by atoms with Gasteiger partial charge in [0, 0.05) is 15.6 Å². The molecule has 1 heterocycles. The van der Waals surface area contributed by atoms with Crippen LogP contribution in [0.4, 0.5) is 0 Å². The summed E-state index contributed by atoms with van der Waals surface area (Å²) in [6.45, 7) is 3.34. The van der Waals surface area contributed by atoms with Gasteiger partial charge in [-0.3, -0.25) is 4.79 Å². The van der Waals surface area contributed by atoms with Gasteiger partial charge in [0.2, 0.25) is 11.2 Å². The Morgan fingerprint density at radius 1 is 0.939 bits per heavy atom. The van der Waals surface area contributed by atoms with Gasteiger partial charge in [-0.05, 0) is 68.4 Å². The monoisotopic (exact) mass is 502 g/mol. The van der Waals surface area contributed by atoms with E-state index in [0.29, 0.717) is 26.6 Å². The molecule has 168 valence electrons. The second-order valence-electron chi connectivity index (χ2n) is 7.35. The molecule has 5 nitrogen and oxygen atoms in total. The minimum Gasteiger partial charge on any atom is -0.477 e. The van der Waals surface area contributed by atoms with E-state index in [1.54, 1.807) is 48.5 Å². The Bertz CT molecular complexity index is 1410. The van der Waals surface area contributed by atoms with Crippen LogP contribution in [0.2, 0.25) is 15.1 Å². The molecule has 0 aliphatic rings. The summed E-state index contributed by atoms with van der Waals surface area (Å²) in [6, 6.07) is 16.5. The van der Waals surface area contributed by atoms with E-state index < -0.39 is 17.5 Å². The van der Waals surface area contributed by atoms with E-state index in [1.807, 2.05) is 13.0 Å². The molecule has 0 amide bonds. The molecule has 8 heteroatoms. The third-order valence-corrected chi connectivity index (χ3v) is 5.63. The summed E-state index contributed by atoms with van der Waals surface area (Å²) in [5.41, 5.74) is 1.28. The highest BCUT2D eigenvalue weighted by atomic mass is 35.5. The van der Waals surface area contributed by atoms with Gasteiger partial charge in [-0.1, -0.05) is 46.4 Å². The number of aryl methyl sites for hydroxylation is 1. The summed E-state index contributed by atoms with van der Waals surface area (Å²) in [5.74, 6) is -0.670. The zero-order valence-corrected chi connectivity index (χ0v) is 19.8. The minimum atomic E-state index is -1.07. The molecule has 0 aliphatic carbocycles. The predicted octanol–water partition coefficient (Wildman–Crippen LogP) is 7.10. The van der Waals surface area contributed by atoms with Gasteiger partial charge in [0.25, 0.3) is 0 Å². The summed E-state index contributed by atoms with van der Waals surface area (Å²) in [4.78, 5) is 26.2. The van der Waals surface area contributed by atoms with E-state index in [2.05, 4.69) is 0 Å². The number of carbonyl (C=O) groups excluding carboxylic acids is 1. The standard InChI is InChI=1S/C25H17Cl3O5/c1-13-3-9-20-18(11-13)22(29)24(23(32-20)15-4-6-16(26)7-5-15)33-25(30)14(2)31-21-10-8-17(27)12-19(21)28/h3-12,14H,1-2H3/t14-/m0/s1. The topological polar surface area (TPSA) is 65.7 Å². The van der Waals surface area contributed by atoms with Gasteiger partial charge in [0.1, 0.15) is 11.3 Å². The van der Waals surface area contributed by atoms with Crippen LogP contribution >= 0.6 is 34.8 Å². The first-order chi connectivity index (χ1) is 15.7. The second kappa shape index (κ2) is 9.48. The van der Waals surface area contributed by atoms with Crippen molar-refractivity contribution in [3.05, 3.63) is 91.5 Å². The molecule has 0 saturated heterocycles. The maximum absolute atomic E-state index is 13.3. The molecule has 33 heavy (non-hydrogen) atoms. The fourth-order valence-corrected chi connectivity index (χ4v) is 3.75. The molecule has 0 unspecified atom stereocenters. The molecule has 0 N–H and O–H groups in total. The van der Waals surface area contributed by atoms with E-state index in [4.69, 9.17) is 48.7 Å². The van der Waals surface area contributed by atoms with Crippen molar-refractivity contribution in [2.45, 2.75) is 20.0 Å². The van der Waals surface area contributed by atoms with Crippen LogP contribution in [-0.2, 0) is 4.79 Å². The van der Waals surface area contributed by atoms with E-state index in [0.717, 1.165) is 5.56 Å². The van der Waals surface area contributed by atoms with Crippen LogP contribution in [0.1, 0.15) is 12.5 Å². The summed E-state index contributed by atoms with van der Waals surface area (Å²) in [5, 5.41) is 1.48. The first-order valence-electron chi connectivity index (χ1n) is 9.89. The lowest BCUT2D eigenvalue weighted by Crippen LogP contribution is -2.30. The molecular formula is C25H17Cl3O5. The normalized spacial score (nSPS) is 11.9. The average molecular weight is 504 g/mol. The highest BCUT2D eigenvalue weighted by Crippen LogP contribution is 2.33. The van der Waals surface area contributed by atoms with Gasteiger partial charge in [-0.2, -0.15) is 0 Å². The molecule has 3 aromatic carbocycles. The fourth-order valence-electron chi connectivity index (χ4n) is 3.17. The third kappa shape index (κ3) is 5.01. The van der Waals surface area contributed by atoms with Crippen molar-refractivity contribution >= 4 is 51.7 Å². The summed E-state index contributed by atoms with van der Waals surface area (Å²) < 4.78 is 17.1. The third-order valence-electron chi connectivity index (χ3n) is 4.84. The molecular weight excluding hydrogens is 487 g/mol. The number of rotatable bonds is 5. The largest absolute Gasteiger partial charge is 0.477 e. The Balaban J connectivity index is 1.74. The second-order valence-corrected chi connectivity index (χ2v) is 8.63. The molecule has 1 aromatic heterocycles. The Labute approximate surface area is 204 Å². The van der Waals surface area contributed by atoms with Crippen LogP contribution in [0.3, 0.4) is 0 Å². The van der Waals surface area contributed by atoms with Crippen molar-refractivity contribution in [1.82, 2.24) is 0 Å². The smallest absolute Gasteiger partial charge is 0.352 e. The predicted molar refractivity (Wildman–Crippen MR) is 130 cm³/mol. The van der Waals surface area contributed by atoms with Crippen molar-refractivity contribution in [1.29, 1.82) is 0 Å². The van der Waals surface area contributed by atoms with Crippen molar-refractivity contribution in [2.75, 3.05) is 0 Å². The SMILES string of the molecule is Cc1ccc2oc(-c3ccc(Cl)cc3)c(OC(=O)[C@H](C)Oc3ccc(Cl)cc3Cl)c(=O)c2c1. The number of hydrogen-bond donors (Lipinski definition) is 0. The maximum atomic E-state index is 13.3. The Hall–Kier alpha value is -2.99. The highest BCUT2D eigenvalue weighted by Gasteiger charge is 2.25. The molecule has 4 aromatic rings. The molecule has 0 saturated carbocycles. The number of halogens is 3. The molecule has 0 bridgehead atoms. The zero-order chi connectivity index (χ0) is 23.7. The number of hydrogen-bond acceptors (Lipinski definition) is 5. The van der Waals surface area contributed by atoms with E-state index in [1.165, 1.54) is 13.0 Å². The Kier molecular flexibility index (Phi) is 6.66. The van der Waals surface area contributed by atoms with Crippen LogP contribution in [0.5, 0.6) is 11.5 Å². The van der Waals surface area contributed by atoms with Crippen molar-refractivity contribution in [2.24, 2.45) is 0 Å². The van der Waals surface area contributed by atoms with Crippen molar-refractivity contribution in [3.63, 3.8) is 0 Å². The Morgan fingerprint density at radius 3 is 2.33 bits per heavy atom. The number of fused-ring (bicyclic) bond motifs is 1. The van der Waals surface area contributed by atoms with Crippen LogP contribution in [0, 0.1) is 6.92 Å².